The fraction of sp³-hybridized carbons (Fsp3) is 0.273. The maximum absolute atomic E-state index is 5.90. The van der Waals surface area contributed by atoms with Gasteiger partial charge in [-0.1, -0.05) is 12.7 Å². The number of nitrogen functional groups attached to an aromatic ring is 2. The molecular formula is C11H14N2. The van der Waals surface area contributed by atoms with Crippen molar-refractivity contribution in [3.8, 4) is 0 Å². The number of nitrogens with two attached hydrogens (primary N) is 2. The summed E-state index contributed by atoms with van der Waals surface area (Å²) in [6.45, 7) is 3.77. The van der Waals surface area contributed by atoms with E-state index in [0.29, 0.717) is 5.92 Å². The fourth-order valence-corrected chi connectivity index (χ4v) is 1.73. The molecule has 1 aromatic rings. The van der Waals surface area contributed by atoms with Gasteiger partial charge in [-0.05, 0) is 36.5 Å². The van der Waals surface area contributed by atoms with Gasteiger partial charge in [0, 0.05) is 16.9 Å². The van der Waals surface area contributed by atoms with Gasteiger partial charge in [0.25, 0.3) is 0 Å². The molecule has 0 heterocycles. The minimum absolute atomic E-state index is 0.622. The minimum atomic E-state index is 0.622. The maximum Gasteiger partial charge on any atom is 0.0391 e. The van der Waals surface area contributed by atoms with Crippen molar-refractivity contribution in [2.24, 2.45) is 0 Å². The van der Waals surface area contributed by atoms with E-state index in [9.17, 15) is 0 Å². The van der Waals surface area contributed by atoms with E-state index < -0.39 is 0 Å². The van der Waals surface area contributed by atoms with Crippen LogP contribution in [0.5, 0.6) is 0 Å². The van der Waals surface area contributed by atoms with Gasteiger partial charge in [-0.25, -0.2) is 0 Å². The molecule has 0 amide bonds. The molecule has 0 spiro atoms. The molecule has 0 aliphatic heterocycles. The highest BCUT2D eigenvalue weighted by atomic mass is 14.6. The highest BCUT2D eigenvalue weighted by Crippen LogP contribution is 2.45. The summed E-state index contributed by atoms with van der Waals surface area (Å²) in [5.41, 5.74) is 15.6. The molecule has 0 saturated heterocycles. The van der Waals surface area contributed by atoms with Crippen LogP contribution in [0.15, 0.2) is 18.7 Å². The lowest BCUT2D eigenvalue weighted by Gasteiger charge is -2.10. The SMILES string of the molecule is C=Cc1c(N)ccc(N)c1C1CC1. The van der Waals surface area contributed by atoms with E-state index in [2.05, 4.69) is 6.58 Å². The maximum atomic E-state index is 5.90. The van der Waals surface area contributed by atoms with Gasteiger partial charge >= 0.3 is 0 Å². The molecule has 1 fully saturated rings. The van der Waals surface area contributed by atoms with Gasteiger partial charge in [0.15, 0.2) is 0 Å². The van der Waals surface area contributed by atoms with Crippen molar-refractivity contribution in [3.05, 3.63) is 29.8 Å². The van der Waals surface area contributed by atoms with Gasteiger partial charge in [-0.15, -0.1) is 0 Å². The molecule has 1 aliphatic carbocycles. The van der Waals surface area contributed by atoms with Gasteiger partial charge in [-0.3, -0.25) is 0 Å². The molecule has 0 aromatic heterocycles. The van der Waals surface area contributed by atoms with Crippen LogP contribution in [-0.4, -0.2) is 0 Å². The molecule has 1 saturated carbocycles. The van der Waals surface area contributed by atoms with E-state index in [4.69, 9.17) is 11.5 Å². The summed E-state index contributed by atoms with van der Waals surface area (Å²) in [4.78, 5) is 0. The van der Waals surface area contributed by atoms with Crippen LogP contribution in [-0.2, 0) is 0 Å². The molecule has 2 heteroatoms. The third-order valence-corrected chi connectivity index (χ3v) is 2.54. The zero-order chi connectivity index (χ0) is 9.42. The summed E-state index contributed by atoms with van der Waals surface area (Å²) < 4.78 is 0. The number of hydrogen-bond acceptors (Lipinski definition) is 2. The first-order chi connectivity index (χ1) is 6.24. The first kappa shape index (κ1) is 8.17. The number of anilines is 2. The summed E-state index contributed by atoms with van der Waals surface area (Å²) in [5, 5.41) is 0. The molecule has 2 nitrogen and oxygen atoms in total. The van der Waals surface area contributed by atoms with Gasteiger partial charge < -0.3 is 11.5 Å². The van der Waals surface area contributed by atoms with Gasteiger partial charge in [0.1, 0.15) is 0 Å². The number of hydrogen-bond donors (Lipinski definition) is 2. The lowest BCUT2D eigenvalue weighted by molar-refractivity contribution is 1.13. The molecule has 0 bridgehead atoms. The molecule has 4 N–H and O–H groups in total. The molecule has 0 unspecified atom stereocenters. The van der Waals surface area contributed by atoms with Gasteiger partial charge in [0.2, 0.25) is 0 Å². The van der Waals surface area contributed by atoms with Crippen molar-refractivity contribution < 1.29 is 0 Å². The van der Waals surface area contributed by atoms with Crippen molar-refractivity contribution in [1.29, 1.82) is 0 Å². The van der Waals surface area contributed by atoms with Gasteiger partial charge in [0.05, 0.1) is 0 Å². The third kappa shape index (κ3) is 1.28. The average Bonchev–Trinajstić information content (AvgIpc) is 2.91. The summed E-state index contributed by atoms with van der Waals surface area (Å²) in [7, 11) is 0. The second-order valence-electron chi connectivity index (χ2n) is 3.55. The lowest BCUT2D eigenvalue weighted by Crippen LogP contribution is -1.99. The summed E-state index contributed by atoms with van der Waals surface area (Å²) in [5.74, 6) is 0.622. The summed E-state index contributed by atoms with van der Waals surface area (Å²) >= 11 is 0. The molecule has 0 atom stereocenters. The molecule has 2 rings (SSSR count). The lowest BCUT2D eigenvalue weighted by atomic mass is 9.99. The fourth-order valence-electron chi connectivity index (χ4n) is 1.73. The van der Waals surface area contributed by atoms with E-state index in [1.165, 1.54) is 18.4 Å². The van der Waals surface area contributed by atoms with Crippen LogP contribution in [0, 0.1) is 0 Å². The smallest absolute Gasteiger partial charge is 0.0391 e. The summed E-state index contributed by atoms with van der Waals surface area (Å²) in [6.07, 6.45) is 4.27. The largest absolute Gasteiger partial charge is 0.398 e. The van der Waals surface area contributed by atoms with Crippen LogP contribution in [0.3, 0.4) is 0 Å². The zero-order valence-electron chi connectivity index (χ0n) is 7.59. The highest BCUT2D eigenvalue weighted by Gasteiger charge is 2.28. The second-order valence-corrected chi connectivity index (χ2v) is 3.55. The van der Waals surface area contributed by atoms with Crippen LogP contribution in [0.25, 0.3) is 6.08 Å². The van der Waals surface area contributed by atoms with Crippen molar-refractivity contribution >= 4 is 17.5 Å². The van der Waals surface area contributed by atoms with Crippen LogP contribution >= 0.6 is 0 Å². The Balaban J connectivity index is 2.60. The number of benzene rings is 1. The zero-order valence-corrected chi connectivity index (χ0v) is 7.59. The monoisotopic (exact) mass is 174 g/mol. The standard InChI is InChI=1S/C11H14N2/c1-2-8-9(12)5-6-10(13)11(8)7-3-4-7/h2,5-7H,1,3-4,12-13H2. The molecular weight excluding hydrogens is 160 g/mol. The topological polar surface area (TPSA) is 52.0 Å². The quantitative estimate of drug-likeness (QED) is 0.676. The molecule has 1 aromatic carbocycles. The van der Waals surface area contributed by atoms with E-state index in [0.717, 1.165) is 16.9 Å². The van der Waals surface area contributed by atoms with E-state index in [-0.39, 0.29) is 0 Å². The Morgan fingerprint density at radius 3 is 2.38 bits per heavy atom. The van der Waals surface area contributed by atoms with Crippen molar-refractivity contribution in [2.75, 3.05) is 11.5 Å². The molecule has 0 radical (unpaired) electrons. The van der Waals surface area contributed by atoms with E-state index in [1.807, 2.05) is 12.1 Å². The van der Waals surface area contributed by atoms with Gasteiger partial charge in [-0.2, -0.15) is 0 Å². The average molecular weight is 174 g/mol. The Hall–Kier alpha value is -1.44. The Kier molecular flexibility index (Phi) is 1.76. The van der Waals surface area contributed by atoms with Crippen LogP contribution in [0.4, 0.5) is 11.4 Å². The van der Waals surface area contributed by atoms with E-state index >= 15 is 0 Å². The predicted octanol–water partition coefficient (Wildman–Crippen LogP) is 2.37. The van der Waals surface area contributed by atoms with Crippen LogP contribution in [0.2, 0.25) is 0 Å². The van der Waals surface area contributed by atoms with Crippen LogP contribution < -0.4 is 11.5 Å². The highest BCUT2D eigenvalue weighted by molar-refractivity contribution is 5.74. The van der Waals surface area contributed by atoms with Crippen molar-refractivity contribution in [2.45, 2.75) is 18.8 Å². The van der Waals surface area contributed by atoms with Crippen molar-refractivity contribution in [1.82, 2.24) is 0 Å². The molecule has 13 heavy (non-hydrogen) atoms. The third-order valence-electron chi connectivity index (χ3n) is 2.54. The van der Waals surface area contributed by atoms with E-state index in [1.54, 1.807) is 6.08 Å². The molecule has 1 aliphatic rings. The Morgan fingerprint density at radius 1 is 1.23 bits per heavy atom. The van der Waals surface area contributed by atoms with Crippen LogP contribution in [0.1, 0.15) is 29.9 Å². The first-order valence-corrected chi connectivity index (χ1v) is 4.54. The summed E-state index contributed by atoms with van der Waals surface area (Å²) in [6, 6.07) is 3.73. The normalized spacial score (nSPS) is 15.7. The first-order valence-electron chi connectivity index (χ1n) is 4.54. The minimum Gasteiger partial charge on any atom is -0.398 e. The second kappa shape index (κ2) is 2.80. The predicted molar refractivity (Wildman–Crippen MR) is 57.3 cm³/mol. The Bertz CT molecular complexity index is 351. The van der Waals surface area contributed by atoms with Crippen molar-refractivity contribution in [3.63, 3.8) is 0 Å². The Labute approximate surface area is 78.2 Å². The Morgan fingerprint density at radius 2 is 1.85 bits per heavy atom. The number of rotatable bonds is 2. The molecule has 68 valence electrons.